The van der Waals surface area contributed by atoms with Crippen molar-refractivity contribution in [3.8, 4) is 0 Å². The first-order chi connectivity index (χ1) is 11.2. The van der Waals surface area contributed by atoms with Crippen LogP contribution in [0.5, 0.6) is 0 Å². The van der Waals surface area contributed by atoms with Gasteiger partial charge in [0.25, 0.3) is 0 Å². The van der Waals surface area contributed by atoms with Crippen molar-refractivity contribution in [2.45, 2.75) is 46.1 Å². The van der Waals surface area contributed by atoms with E-state index in [9.17, 15) is 9.90 Å². The monoisotopic (exact) mass is 333 g/mol. The smallest absolute Gasteiger partial charge is 0.341 e. The first-order valence-corrected chi connectivity index (χ1v) is 8.28. The molecular formula is C18H27N3O3. The van der Waals surface area contributed by atoms with Gasteiger partial charge in [-0.1, -0.05) is 26.8 Å². The van der Waals surface area contributed by atoms with Crippen molar-refractivity contribution in [2.24, 2.45) is 0 Å². The third kappa shape index (κ3) is 3.24. The lowest BCUT2D eigenvalue weighted by Gasteiger charge is -2.24. The highest BCUT2D eigenvalue weighted by atomic mass is 16.5. The van der Waals surface area contributed by atoms with Crippen molar-refractivity contribution in [3.05, 3.63) is 29.5 Å². The van der Waals surface area contributed by atoms with E-state index in [1.807, 2.05) is 37.1 Å². The number of aromatic nitrogens is 2. The number of esters is 1. The molecule has 0 saturated carbocycles. The SMILES string of the molecule is CCN(CC)n1nc2ccc(C(C)(C)C)cc2c1C(O)C(=O)OC. The highest BCUT2D eigenvalue weighted by molar-refractivity contribution is 5.88. The molecule has 2 aromatic rings. The Labute approximate surface area is 143 Å². The van der Waals surface area contributed by atoms with Crippen LogP contribution in [0.15, 0.2) is 18.2 Å². The van der Waals surface area contributed by atoms with Gasteiger partial charge in [0.1, 0.15) is 5.69 Å². The van der Waals surface area contributed by atoms with E-state index in [0.717, 1.165) is 16.5 Å². The van der Waals surface area contributed by atoms with Gasteiger partial charge in [-0.15, -0.1) is 0 Å². The van der Waals surface area contributed by atoms with Crippen molar-refractivity contribution in [3.63, 3.8) is 0 Å². The second-order valence-corrected chi connectivity index (χ2v) is 6.82. The van der Waals surface area contributed by atoms with Crippen LogP contribution in [0.3, 0.4) is 0 Å². The molecule has 6 heteroatoms. The third-order valence-electron chi connectivity index (χ3n) is 4.24. The maximum absolute atomic E-state index is 12.0. The molecule has 1 N–H and O–H groups in total. The van der Waals surface area contributed by atoms with E-state index >= 15 is 0 Å². The molecule has 0 fully saturated rings. The molecule has 0 radical (unpaired) electrons. The van der Waals surface area contributed by atoms with Gasteiger partial charge in [-0.2, -0.15) is 9.89 Å². The molecule has 1 heterocycles. The van der Waals surface area contributed by atoms with Crippen molar-refractivity contribution in [2.75, 3.05) is 25.2 Å². The first kappa shape index (κ1) is 18.3. The molecule has 132 valence electrons. The van der Waals surface area contributed by atoms with Crippen LogP contribution >= 0.6 is 0 Å². The summed E-state index contributed by atoms with van der Waals surface area (Å²) in [5.74, 6) is -0.689. The Balaban J connectivity index is 2.74. The maximum Gasteiger partial charge on any atom is 0.341 e. The number of hydrogen-bond acceptors (Lipinski definition) is 5. The van der Waals surface area contributed by atoms with Crippen molar-refractivity contribution >= 4 is 16.9 Å². The summed E-state index contributed by atoms with van der Waals surface area (Å²) >= 11 is 0. The molecule has 1 unspecified atom stereocenters. The Hall–Kier alpha value is -2.08. The normalized spacial score (nSPS) is 13.1. The lowest BCUT2D eigenvalue weighted by molar-refractivity contribution is -0.151. The van der Waals surface area contributed by atoms with Gasteiger partial charge in [-0.05, 0) is 37.0 Å². The number of hydrogen-bond donors (Lipinski definition) is 1. The minimum Gasteiger partial charge on any atom is -0.467 e. The number of aliphatic hydroxyl groups is 1. The van der Waals surface area contributed by atoms with E-state index in [4.69, 9.17) is 4.74 Å². The zero-order valence-electron chi connectivity index (χ0n) is 15.3. The number of carbonyl (C=O) groups is 1. The fourth-order valence-corrected chi connectivity index (χ4v) is 2.75. The maximum atomic E-state index is 12.0. The van der Waals surface area contributed by atoms with E-state index in [-0.39, 0.29) is 5.41 Å². The summed E-state index contributed by atoms with van der Waals surface area (Å²) in [6, 6.07) is 5.98. The van der Waals surface area contributed by atoms with Crippen LogP contribution in [-0.2, 0) is 14.9 Å². The molecule has 0 saturated heterocycles. The van der Waals surface area contributed by atoms with E-state index in [0.29, 0.717) is 18.8 Å². The number of methoxy groups -OCH3 is 1. The summed E-state index contributed by atoms with van der Waals surface area (Å²) in [7, 11) is 1.27. The van der Waals surface area contributed by atoms with Gasteiger partial charge in [0.15, 0.2) is 6.10 Å². The summed E-state index contributed by atoms with van der Waals surface area (Å²) in [5.41, 5.74) is 2.27. The first-order valence-electron chi connectivity index (χ1n) is 8.28. The lowest BCUT2D eigenvalue weighted by Crippen LogP contribution is -2.37. The standard InChI is InChI=1S/C18H27N3O3/c1-7-20(8-2)21-15(16(22)17(23)24-6)13-11-12(18(3,4)5)9-10-14(13)19-21/h9-11,16,22H,7-8H2,1-6H3. The van der Waals surface area contributed by atoms with E-state index in [1.165, 1.54) is 7.11 Å². The molecule has 0 bridgehead atoms. The van der Waals surface area contributed by atoms with Gasteiger partial charge < -0.3 is 9.84 Å². The quantitative estimate of drug-likeness (QED) is 0.852. The van der Waals surface area contributed by atoms with Gasteiger partial charge in [-0.25, -0.2) is 4.79 Å². The highest BCUT2D eigenvalue weighted by Crippen LogP contribution is 2.30. The summed E-state index contributed by atoms with van der Waals surface area (Å²) < 4.78 is 4.74. The summed E-state index contributed by atoms with van der Waals surface area (Å²) in [5, 5.41) is 17.8. The van der Waals surface area contributed by atoms with Crippen LogP contribution in [0, 0.1) is 0 Å². The van der Waals surface area contributed by atoms with Crippen LogP contribution in [0.4, 0.5) is 0 Å². The average molecular weight is 333 g/mol. The van der Waals surface area contributed by atoms with Crippen LogP contribution in [0.1, 0.15) is 52.0 Å². The Morgan fingerprint density at radius 2 is 1.96 bits per heavy atom. The Bertz CT molecular complexity index is 727. The lowest BCUT2D eigenvalue weighted by atomic mass is 9.86. The third-order valence-corrected chi connectivity index (χ3v) is 4.24. The number of nitrogens with zero attached hydrogens (tertiary/aromatic N) is 3. The molecule has 0 amide bonds. The highest BCUT2D eigenvalue weighted by Gasteiger charge is 2.28. The zero-order chi connectivity index (χ0) is 18.1. The molecule has 0 aliphatic carbocycles. The topological polar surface area (TPSA) is 67.6 Å². The second kappa shape index (κ2) is 6.81. The molecule has 0 spiro atoms. The minimum absolute atomic E-state index is 0.0427. The Kier molecular flexibility index (Phi) is 5.18. The van der Waals surface area contributed by atoms with Gasteiger partial charge in [0.05, 0.1) is 12.6 Å². The molecule has 0 aliphatic rings. The molecule has 2 rings (SSSR count). The molecule has 24 heavy (non-hydrogen) atoms. The van der Waals surface area contributed by atoms with Gasteiger partial charge in [0, 0.05) is 18.5 Å². The average Bonchev–Trinajstić information content (AvgIpc) is 2.92. The summed E-state index contributed by atoms with van der Waals surface area (Å²) in [6.45, 7) is 11.8. The second-order valence-electron chi connectivity index (χ2n) is 6.82. The molecule has 6 nitrogen and oxygen atoms in total. The molecule has 1 aromatic heterocycles. The number of rotatable bonds is 5. The fourth-order valence-electron chi connectivity index (χ4n) is 2.75. The van der Waals surface area contributed by atoms with E-state index in [2.05, 4.69) is 25.9 Å². The van der Waals surface area contributed by atoms with Crippen LogP contribution in [-0.4, -0.2) is 41.2 Å². The predicted octanol–water partition coefficient (Wildman–Crippen LogP) is 2.52. The number of fused-ring (bicyclic) bond motifs is 1. The van der Waals surface area contributed by atoms with E-state index in [1.54, 1.807) is 4.79 Å². The van der Waals surface area contributed by atoms with Gasteiger partial charge in [-0.3, -0.25) is 5.01 Å². The fraction of sp³-hybridized carbons (Fsp3) is 0.556. The largest absolute Gasteiger partial charge is 0.467 e. The molecular weight excluding hydrogens is 306 g/mol. The van der Waals surface area contributed by atoms with E-state index < -0.39 is 12.1 Å². The van der Waals surface area contributed by atoms with Crippen molar-refractivity contribution in [1.82, 2.24) is 9.89 Å². The number of ether oxygens (including phenoxy) is 1. The van der Waals surface area contributed by atoms with Gasteiger partial charge >= 0.3 is 5.97 Å². The molecule has 1 atom stereocenters. The van der Waals surface area contributed by atoms with Crippen LogP contribution < -0.4 is 5.01 Å². The Morgan fingerprint density at radius 1 is 1.33 bits per heavy atom. The van der Waals surface area contributed by atoms with Crippen LogP contribution in [0.2, 0.25) is 0 Å². The molecule has 1 aromatic carbocycles. The predicted molar refractivity (Wildman–Crippen MR) is 94.7 cm³/mol. The summed E-state index contributed by atoms with van der Waals surface area (Å²) in [6.07, 6.45) is -1.38. The number of benzene rings is 1. The number of aliphatic hydroxyl groups excluding tert-OH is 1. The van der Waals surface area contributed by atoms with Gasteiger partial charge in [0.2, 0.25) is 0 Å². The Morgan fingerprint density at radius 3 is 2.46 bits per heavy atom. The zero-order valence-corrected chi connectivity index (χ0v) is 15.3. The molecule has 0 aliphatic heterocycles. The number of carbonyl (C=O) groups excluding carboxylic acids is 1. The summed E-state index contributed by atoms with van der Waals surface area (Å²) in [4.78, 5) is 13.6. The minimum atomic E-state index is -1.38. The van der Waals surface area contributed by atoms with Crippen molar-refractivity contribution < 1.29 is 14.6 Å². The van der Waals surface area contributed by atoms with Crippen molar-refractivity contribution in [1.29, 1.82) is 0 Å². The van der Waals surface area contributed by atoms with Crippen LogP contribution in [0.25, 0.3) is 10.9 Å².